The lowest BCUT2D eigenvalue weighted by Crippen LogP contribution is -2.24. The molecule has 1 rings (SSSR count). The Hall–Kier alpha value is -2.11. The van der Waals surface area contributed by atoms with Crippen LogP contribution in [0.5, 0.6) is 0 Å². The molecule has 0 aliphatic carbocycles. The third-order valence-electron chi connectivity index (χ3n) is 1.93. The Balaban J connectivity index is 2.35. The smallest absolute Gasteiger partial charge is 0.356 e. The molecule has 1 amide bonds. The molecule has 0 atom stereocenters. The predicted molar refractivity (Wildman–Crippen MR) is 62.2 cm³/mol. The molecular formula is C11H15N3O3. The van der Waals surface area contributed by atoms with E-state index in [0.29, 0.717) is 12.2 Å². The Morgan fingerprint density at radius 1 is 1.47 bits per heavy atom. The van der Waals surface area contributed by atoms with E-state index in [1.54, 1.807) is 6.07 Å². The maximum atomic E-state index is 11.4. The summed E-state index contributed by atoms with van der Waals surface area (Å²) in [5, 5.41) is 2.60. The quantitative estimate of drug-likeness (QED) is 0.720. The van der Waals surface area contributed by atoms with Crippen molar-refractivity contribution in [2.75, 3.05) is 18.9 Å². The maximum Gasteiger partial charge on any atom is 0.356 e. The van der Waals surface area contributed by atoms with Gasteiger partial charge in [-0.1, -0.05) is 0 Å². The molecule has 3 N–H and O–H groups in total. The Labute approximate surface area is 99.2 Å². The van der Waals surface area contributed by atoms with Crippen molar-refractivity contribution in [3.63, 3.8) is 0 Å². The van der Waals surface area contributed by atoms with Crippen LogP contribution in [-0.4, -0.2) is 30.0 Å². The number of carbonyl (C=O) groups excluding carboxylic acids is 2. The average Bonchev–Trinajstić information content (AvgIpc) is 2.30. The van der Waals surface area contributed by atoms with Gasteiger partial charge in [-0.2, -0.15) is 0 Å². The summed E-state index contributed by atoms with van der Waals surface area (Å²) in [6.07, 6.45) is 1.52. The Kier molecular flexibility index (Phi) is 4.93. The number of nitrogens with two attached hydrogens (primary N) is 1. The van der Waals surface area contributed by atoms with Gasteiger partial charge in [0.25, 0.3) is 0 Å². The SMILES string of the molecule is CCNC(=O)CCOC(=O)c1ccc(N)cn1. The van der Waals surface area contributed by atoms with Gasteiger partial charge in [-0.05, 0) is 19.1 Å². The molecule has 0 unspecified atom stereocenters. The molecule has 1 aromatic heterocycles. The Bertz CT molecular complexity index is 389. The zero-order valence-electron chi connectivity index (χ0n) is 9.60. The average molecular weight is 237 g/mol. The van der Waals surface area contributed by atoms with Crippen LogP contribution in [0.15, 0.2) is 18.3 Å². The topological polar surface area (TPSA) is 94.3 Å². The van der Waals surface area contributed by atoms with Crippen molar-refractivity contribution in [2.24, 2.45) is 0 Å². The largest absolute Gasteiger partial charge is 0.460 e. The number of rotatable bonds is 5. The fourth-order valence-corrected chi connectivity index (χ4v) is 1.12. The van der Waals surface area contributed by atoms with Gasteiger partial charge in [-0.3, -0.25) is 4.79 Å². The molecule has 6 nitrogen and oxygen atoms in total. The second-order valence-corrected chi connectivity index (χ2v) is 3.32. The van der Waals surface area contributed by atoms with Crippen LogP contribution in [0.2, 0.25) is 0 Å². The number of hydrogen-bond donors (Lipinski definition) is 2. The first-order valence-electron chi connectivity index (χ1n) is 5.29. The molecule has 0 aliphatic rings. The van der Waals surface area contributed by atoms with Crippen LogP contribution in [0.25, 0.3) is 0 Å². The van der Waals surface area contributed by atoms with Crippen LogP contribution in [-0.2, 0) is 9.53 Å². The monoisotopic (exact) mass is 237 g/mol. The van der Waals surface area contributed by atoms with Crippen LogP contribution in [0.4, 0.5) is 5.69 Å². The summed E-state index contributed by atoms with van der Waals surface area (Å²) < 4.78 is 4.88. The molecule has 0 bridgehead atoms. The second kappa shape index (κ2) is 6.47. The number of nitrogens with zero attached hydrogens (tertiary/aromatic N) is 1. The molecular weight excluding hydrogens is 222 g/mol. The molecule has 1 heterocycles. The molecule has 0 aliphatic heterocycles. The zero-order valence-corrected chi connectivity index (χ0v) is 9.60. The zero-order chi connectivity index (χ0) is 12.7. The molecule has 0 spiro atoms. The lowest BCUT2D eigenvalue weighted by molar-refractivity contribution is -0.121. The van der Waals surface area contributed by atoms with Crippen molar-refractivity contribution in [3.8, 4) is 0 Å². The first kappa shape index (κ1) is 13.0. The van der Waals surface area contributed by atoms with Crippen LogP contribution in [0.3, 0.4) is 0 Å². The standard InChI is InChI=1S/C11H15N3O3/c1-2-13-10(15)5-6-17-11(16)9-4-3-8(12)7-14-9/h3-4,7H,2,5-6,12H2,1H3,(H,13,15). The molecule has 92 valence electrons. The van der Waals surface area contributed by atoms with E-state index < -0.39 is 5.97 Å². The van der Waals surface area contributed by atoms with E-state index in [2.05, 4.69) is 10.3 Å². The van der Waals surface area contributed by atoms with Gasteiger partial charge in [0.1, 0.15) is 12.3 Å². The van der Waals surface area contributed by atoms with Gasteiger partial charge in [-0.25, -0.2) is 9.78 Å². The van der Waals surface area contributed by atoms with Crippen LogP contribution in [0.1, 0.15) is 23.8 Å². The minimum Gasteiger partial charge on any atom is -0.460 e. The number of nitrogen functional groups attached to an aromatic ring is 1. The first-order valence-corrected chi connectivity index (χ1v) is 5.29. The summed E-state index contributed by atoms with van der Waals surface area (Å²) in [7, 11) is 0. The van der Waals surface area contributed by atoms with Crippen LogP contribution < -0.4 is 11.1 Å². The number of nitrogens with one attached hydrogen (secondary N) is 1. The highest BCUT2D eigenvalue weighted by atomic mass is 16.5. The number of anilines is 1. The number of amides is 1. The molecule has 17 heavy (non-hydrogen) atoms. The van der Waals surface area contributed by atoms with Gasteiger partial charge in [0.15, 0.2) is 0 Å². The van der Waals surface area contributed by atoms with Crippen molar-refractivity contribution in [1.82, 2.24) is 10.3 Å². The van der Waals surface area contributed by atoms with E-state index in [9.17, 15) is 9.59 Å². The summed E-state index contributed by atoms with van der Waals surface area (Å²) in [6.45, 7) is 2.42. The Morgan fingerprint density at radius 2 is 2.24 bits per heavy atom. The van der Waals surface area contributed by atoms with Gasteiger partial charge >= 0.3 is 5.97 Å². The lowest BCUT2D eigenvalue weighted by Gasteiger charge is -2.04. The molecule has 0 saturated heterocycles. The van der Waals surface area contributed by atoms with E-state index >= 15 is 0 Å². The van der Waals surface area contributed by atoms with Crippen LogP contribution in [0, 0.1) is 0 Å². The van der Waals surface area contributed by atoms with Crippen molar-refractivity contribution in [2.45, 2.75) is 13.3 Å². The minimum atomic E-state index is -0.561. The highest BCUT2D eigenvalue weighted by molar-refractivity contribution is 5.87. The summed E-state index contributed by atoms with van der Waals surface area (Å²) in [5.74, 6) is -0.708. The molecule has 0 aromatic carbocycles. The highest BCUT2D eigenvalue weighted by Gasteiger charge is 2.09. The number of hydrogen-bond acceptors (Lipinski definition) is 5. The number of esters is 1. The second-order valence-electron chi connectivity index (χ2n) is 3.32. The molecule has 0 saturated carbocycles. The van der Waals surface area contributed by atoms with Gasteiger partial charge in [0.2, 0.25) is 5.91 Å². The highest BCUT2D eigenvalue weighted by Crippen LogP contribution is 2.02. The van der Waals surface area contributed by atoms with E-state index in [-0.39, 0.29) is 24.6 Å². The van der Waals surface area contributed by atoms with Crippen molar-refractivity contribution in [1.29, 1.82) is 0 Å². The maximum absolute atomic E-state index is 11.4. The fraction of sp³-hybridized carbons (Fsp3) is 0.364. The molecule has 6 heteroatoms. The van der Waals surface area contributed by atoms with E-state index in [4.69, 9.17) is 10.5 Å². The van der Waals surface area contributed by atoms with Crippen molar-refractivity contribution >= 4 is 17.6 Å². The van der Waals surface area contributed by atoms with Crippen LogP contribution >= 0.6 is 0 Å². The summed E-state index contributed by atoms with van der Waals surface area (Å²) >= 11 is 0. The van der Waals surface area contributed by atoms with Crippen molar-refractivity contribution < 1.29 is 14.3 Å². The van der Waals surface area contributed by atoms with E-state index in [0.717, 1.165) is 0 Å². The van der Waals surface area contributed by atoms with E-state index in [1.807, 2.05) is 6.92 Å². The normalized spacial score (nSPS) is 9.71. The molecule has 0 radical (unpaired) electrons. The fourth-order valence-electron chi connectivity index (χ4n) is 1.12. The number of carbonyl (C=O) groups is 2. The molecule has 1 aromatic rings. The summed E-state index contributed by atoms with van der Waals surface area (Å²) in [4.78, 5) is 26.3. The van der Waals surface area contributed by atoms with Gasteiger partial charge in [0.05, 0.1) is 18.3 Å². The van der Waals surface area contributed by atoms with E-state index in [1.165, 1.54) is 12.3 Å². The number of ether oxygens (including phenoxy) is 1. The molecule has 0 fully saturated rings. The Morgan fingerprint density at radius 3 is 2.82 bits per heavy atom. The first-order chi connectivity index (χ1) is 8.13. The minimum absolute atomic E-state index is 0.0384. The van der Waals surface area contributed by atoms with Gasteiger partial charge in [0, 0.05) is 6.54 Å². The number of aromatic nitrogens is 1. The van der Waals surface area contributed by atoms with Gasteiger partial charge < -0.3 is 15.8 Å². The predicted octanol–water partition coefficient (Wildman–Crippen LogP) is 0.347. The summed E-state index contributed by atoms with van der Waals surface area (Å²) in [6, 6.07) is 3.04. The summed E-state index contributed by atoms with van der Waals surface area (Å²) in [5.41, 5.74) is 6.08. The third kappa shape index (κ3) is 4.50. The number of pyridine rings is 1. The third-order valence-corrected chi connectivity index (χ3v) is 1.93. The lowest BCUT2D eigenvalue weighted by atomic mass is 10.3. The van der Waals surface area contributed by atoms with Crippen molar-refractivity contribution in [3.05, 3.63) is 24.0 Å². The van der Waals surface area contributed by atoms with Gasteiger partial charge in [-0.15, -0.1) is 0 Å².